The Hall–Kier alpha value is -2.90. The van der Waals surface area contributed by atoms with E-state index in [1.165, 1.54) is 7.11 Å². The van der Waals surface area contributed by atoms with Gasteiger partial charge in [0.1, 0.15) is 5.56 Å². The lowest BCUT2D eigenvalue weighted by atomic mass is 9.84. The van der Waals surface area contributed by atoms with Gasteiger partial charge in [0.2, 0.25) is 11.8 Å². The first-order chi connectivity index (χ1) is 13.7. The molecule has 1 saturated carbocycles. The first-order valence-corrected chi connectivity index (χ1v) is 9.77. The molecular formula is C20H25N5O3. The fourth-order valence-electron chi connectivity index (χ4n) is 3.70. The Morgan fingerprint density at radius 2 is 2.14 bits per heavy atom. The van der Waals surface area contributed by atoms with E-state index in [1.807, 2.05) is 15.6 Å². The Morgan fingerprint density at radius 1 is 1.29 bits per heavy atom. The van der Waals surface area contributed by atoms with E-state index in [-0.39, 0.29) is 17.7 Å². The second kappa shape index (κ2) is 8.00. The van der Waals surface area contributed by atoms with Crippen LogP contribution in [0, 0.1) is 5.92 Å². The number of nitrogens with one attached hydrogen (secondary N) is 1. The van der Waals surface area contributed by atoms with Crippen molar-refractivity contribution in [2.75, 3.05) is 13.7 Å². The molecule has 1 aliphatic carbocycles. The number of pyridine rings is 1. The number of amides is 2. The van der Waals surface area contributed by atoms with Crippen molar-refractivity contribution >= 4 is 11.8 Å². The summed E-state index contributed by atoms with van der Waals surface area (Å²) in [5.41, 5.74) is 2.19. The van der Waals surface area contributed by atoms with Crippen LogP contribution in [0.5, 0.6) is 5.88 Å². The first-order valence-electron chi connectivity index (χ1n) is 9.77. The third-order valence-electron chi connectivity index (χ3n) is 5.47. The molecular weight excluding hydrogens is 358 g/mol. The zero-order valence-corrected chi connectivity index (χ0v) is 16.1. The summed E-state index contributed by atoms with van der Waals surface area (Å²) in [6, 6.07) is 5.35. The molecule has 1 fully saturated rings. The highest BCUT2D eigenvalue weighted by Gasteiger charge is 2.30. The predicted molar refractivity (Wildman–Crippen MR) is 102 cm³/mol. The normalized spacial score (nSPS) is 16.7. The van der Waals surface area contributed by atoms with Gasteiger partial charge in [-0.3, -0.25) is 14.3 Å². The van der Waals surface area contributed by atoms with Gasteiger partial charge in [-0.25, -0.2) is 4.98 Å². The van der Waals surface area contributed by atoms with Gasteiger partial charge in [0.15, 0.2) is 0 Å². The number of carbonyl (C=O) groups excluding carboxylic acids is 2. The number of nitrogens with zero attached hydrogens (tertiary/aromatic N) is 4. The fraction of sp³-hybridized carbons (Fsp3) is 0.500. The number of aryl methyl sites for hydroxylation is 1. The van der Waals surface area contributed by atoms with Crippen LogP contribution in [-0.2, 0) is 24.4 Å². The highest BCUT2D eigenvalue weighted by atomic mass is 16.5. The zero-order chi connectivity index (χ0) is 19.5. The number of methoxy groups -OCH3 is 1. The minimum absolute atomic E-state index is 0.211. The fourth-order valence-corrected chi connectivity index (χ4v) is 3.70. The van der Waals surface area contributed by atoms with Crippen molar-refractivity contribution in [3.05, 3.63) is 41.3 Å². The Kier molecular flexibility index (Phi) is 5.27. The maximum Gasteiger partial charge on any atom is 0.257 e. The largest absolute Gasteiger partial charge is 0.480 e. The summed E-state index contributed by atoms with van der Waals surface area (Å²) in [5.74, 6) is 0.530. The molecule has 0 saturated heterocycles. The summed E-state index contributed by atoms with van der Waals surface area (Å²) >= 11 is 0. The molecule has 0 aromatic carbocycles. The summed E-state index contributed by atoms with van der Waals surface area (Å²) in [6.07, 6.45) is 5.67. The summed E-state index contributed by atoms with van der Waals surface area (Å²) in [7, 11) is 1.49. The molecule has 1 N–H and O–H groups in total. The van der Waals surface area contributed by atoms with E-state index in [2.05, 4.69) is 15.4 Å². The van der Waals surface area contributed by atoms with Crippen LogP contribution in [-0.4, -0.2) is 45.1 Å². The molecule has 8 heteroatoms. The molecule has 2 aromatic heterocycles. The van der Waals surface area contributed by atoms with E-state index < -0.39 is 0 Å². The topological polar surface area (TPSA) is 89.3 Å². The van der Waals surface area contributed by atoms with Gasteiger partial charge < -0.3 is 15.0 Å². The number of rotatable bonds is 5. The second-order valence-corrected chi connectivity index (χ2v) is 7.33. The zero-order valence-electron chi connectivity index (χ0n) is 16.1. The molecule has 28 heavy (non-hydrogen) atoms. The van der Waals surface area contributed by atoms with Gasteiger partial charge in [-0.15, -0.1) is 0 Å². The maximum absolute atomic E-state index is 12.6. The van der Waals surface area contributed by atoms with Gasteiger partial charge in [0, 0.05) is 25.2 Å². The van der Waals surface area contributed by atoms with E-state index in [9.17, 15) is 9.59 Å². The smallest absolute Gasteiger partial charge is 0.257 e. The molecule has 0 spiro atoms. The maximum atomic E-state index is 12.6. The van der Waals surface area contributed by atoms with Crippen LogP contribution in [0.2, 0.25) is 0 Å². The third kappa shape index (κ3) is 3.72. The molecule has 3 heterocycles. The average molecular weight is 383 g/mol. The highest BCUT2D eigenvalue weighted by molar-refractivity contribution is 5.96. The summed E-state index contributed by atoms with van der Waals surface area (Å²) in [5, 5.41) is 7.48. The summed E-state index contributed by atoms with van der Waals surface area (Å²) < 4.78 is 7.10. The van der Waals surface area contributed by atoms with Crippen LogP contribution in [0.15, 0.2) is 24.4 Å². The molecule has 0 radical (unpaired) electrons. The quantitative estimate of drug-likeness (QED) is 0.850. The Morgan fingerprint density at radius 3 is 2.89 bits per heavy atom. The molecule has 2 aliphatic rings. The number of hydrogen-bond donors (Lipinski definition) is 1. The van der Waals surface area contributed by atoms with Gasteiger partial charge in [-0.2, -0.15) is 5.10 Å². The first kappa shape index (κ1) is 18.5. The Balaban J connectivity index is 1.41. The van der Waals surface area contributed by atoms with Gasteiger partial charge in [0.05, 0.1) is 31.6 Å². The molecule has 1 aliphatic heterocycles. The summed E-state index contributed by atoms with van der Waals surface area (Å²) in [6.45, 7) is 2.47. The van der Waals surface area contributed by atoms with Crippen LogP contribution in [0.3, 0.4) is 0 Å². The molecule has 148 valence electrons. The molecule has 2 amide bonds. The molecule has 0 unspecified atom stereocenters. The van der Waals surface area contributed by atoms with Gasteiger partial charge in [-0.05, 0) is 37.5 Å². The lowest BCUT2D eigenvalue weighted by Gasteiger charge is -2.30. The minimum Gasteiger partial charge on any atom is -0.480 e. The van der Waals surface area contributed by atoms with Crippen molar-refractivity contribution in [1.29, 1.82) is 0 Å². The van der Waals surface area contributed by atoms with E-state index in [0.29, 0.717) is 24.5 Å². The minimum atomic E-state index is -0.255. The Bertz CT molecular complexity index is 874. The van der Waals surface area contributed by atoms with Crippen LogP contribution < -0.4 is 10.1 Å². The van der Waals surface area contributed by atoms with Crippen molar-refractivity contribution in [3.63, 3.8) is 0 Å². The number of ether oxygens (including phenoxy) is 1. The van der Waals surface area contributed by atoms with Gasteiger partial charge in [-0.1, -0.05) is 6.42 Å². The Labute approximate surface area is 163 Å². The van der Waals surface area contributed by atoms with Crippen molar-refractivity contribution < 1.29 is 14.3 Å². The molecule has 4 rings (SSSR count). The van der Waals surface area contributed by atoms with E-state index >= 15 is 0 Å². The monoisotopic (exact) mass is 383 g/mol. The second-order valence-electron chi connectivity index (χ2n) is 7.33. The van der Waals surface area contributed by atoms with Gasteiger partial charge in [0.25, 0.3) is 5.91 Å². The summed E-state index contributed by atoms with van der Waals surface area (Å²) in [4.78, 5) is 31.0. The van der Waals surface area contributed by atoms with Crippen molar-refractivity contribution in [3.8, 4) is 5.88 Å². The lowest BCUT2D eigenvalue weighted by Crippen LogP contribution is -2.38. The lowest BCUT2D eigenvalue weighted by molar-refractivity contribution is -0.138. The highest BCUT2D eigenvalue weighted by Crippen LogP contribution is 2.29. The van der Waals surface area contributed by atoms with E-state index in [4.69, 9.17) is 4.74 Å². The number of fused-ring (bicyclic) bond motifs is 1. The van der Waals surface area contributed by atoms with Crippen molar-refractivity contribution in [2.24, 2.45) is 5.92 Å². The number of hydrogen-bond acceptors (Lipinski definition) is 5. The standard InChI is InChI=1S/C20H25N5O3/c1-28-19-17(7-3-8-21-19)18(26)22-12-15-11-16-13-24(9-4-10-25(16)23-15)20(27)14-5-2-6-14/h3,7-8,11,14H,2,4-6,9-10,12-13H2,1H3,(H,22,26). The SMILES string of the molecule is COc1ncccc1C(=O)NCc1cc2n(n1)CCCN(C(=O)C1CCC1)C2. The van der Waals surface area contributed by atoms with E-state index in [0.717, 1.165) is 50.2 Å². The molecule has 2 aromatic rings. The number of carbonyl (C=O) groups is 2. The predicted octanol–water partition coefficient (Wildman–Crippen LogP) is 1.75. The molecule has 8 nitrogen and oxygen atoms in total. The van der Waals surface area contributed by atoms with Crippen LogP contribution >= 0.6 is 0 Å². The van der Waals surface area contributed by atoms with Crippen LogP contribution in [0.4, 0.5) is 0 Å². The van der Waals surface area contributed by atoms with Crippen molar-refractivity contribution in [1.82, 2.24) is 25.0 Å². The molecule has 0 bridgehead atoms. The van der Waals surface area contributed by atoms with Gasteiger partial charge >= 0.3 is 0 Å². The average Bonchev–Trinajstić information content (AvgIpc) is 2.94. The van der Waals surface area contributed by atoms with Crippen molar-refractivity contribution in [2.45, 2.75) is 45.3 Å². The molecule has 0 atom stereocenters. The third-order valence-corrected chi connectivity index (χ3v) is 5.47. The van der Waals surface area contributed by atoms with Crippen LogP contribution in [0.1, 0.15) is 47.4 Å². The number of aromatic nitrogens is 3. The van der Waals surface area contributed by atoms with Crippen LogP contribution in [0.25, 0.3) is 0 Å². The van der Waals surface area contributed by atoms with E-state index in [1.54, 1.807) is 18.3 Å².